The highest BCUT2D eigenvalue weighted by Crippen LogP contribution is 2.19. The standard InChI is InChI=1S/C14H15N5O2/c1-18-12-6-4-3-5-9(12)11(16-18)8-19-7-10(15)13(17-19)14(20)21-2/h3-7H,8,15H2,1-2H3. The molecular formula is C14H15N5O2. The highest BCUT2D eigenvalue weighted by Gasteiger charge is 2.16. The van der Waals surface area contributed by atoms with Crippen LogP contribution in [0.4, 0.5) is 5.69 Å². The lowest BCUT2D eigenvalue weighted by Gasteiger charge is -1.98. The zero-order valence-corrected chi connectivity index (χ0v) is 11.8. The molecule has 0 aliphatic carbocycles. The van der Waals surface area contributed by atoms with Crippen molar-refractivity contribution in [2.24, 2.45) is 7.05 Å². The molecule has 2 heterocycles. The number of hydrogen-bond acceptors (Lipinski definition) is 5. The molecule has 0 unspecified atom stereocenters. The summed E-state index contributed by atoms with van der Waals surface area (Å²) >= 11 is 0. The van der Waals surface area contributed by atoms with E-state index in [1.165, 1.54) is 7.11 Å². The van der Waals surface area contributed by atoms with Gasteiger partial charge in [0.05, 0.1) is 30.6 Å². The normalized spacial score (nSPS) is 11.0. The molecule has 7 nitrogen and oxygen atoms in total. The minimum atomic E-state index is -0.544. The topological polar surface area (TPSA) is 88.0 Å². The number of aromatic nitrogens is 4. The van der Waals surface area contributed by atoms with Gasteiger partial charge in [0.25, 0.3) is 0 Å². The van der Waals surface area contributed by atoms with E-state index in [1.54, 1.807) is 10.9 Å². The van der Waals surface area contributed by atoms with Gasteiger partial charge in [-0.15, -0.1) is 0 Å². The maximum Gasteiger partial charge on any atom is 0.360 e. The molecule has 1 aromatic carbocycles. The van der Waals surface area contributed by atoms with E-state index in [1.807, 2.05) is 36.0 Å². The zero-order valence-electron chi connectivity index (χ0n) is 11.8. The second-order valence-corrected chi connectivity index (χ2v) is 4.71. The lowest BCUT2D eigenvalue weighted by molar-refractivity contribution is 0.0594. The Balaban J connectivity index is 1.98. The summed E-state index contributed by atoms with van der Waals surface area (Å²) in [5, 5.41) is 9.70. The quantitative estimate of drug-likeness (QED) is 0.730. The van der Waals surface area contributed by atoms with Gasteiger partial charge in [-0.05, 0) is 6.07 Å². The fraction of sp³-hybridized carbons (Fsp3) is 0.214. The van der Waals surface area contributed by atoms with Crippen molar-refractivity contribution < 1.29 is 9.53 Å². The third-order valence-electron chi connectivity index (χ3n) is 3.31. The Hall–Kier alpha value is -2.83. The fourth-order valence-electron chi connectivity index (χ4n) is 2.33. The largest absolute Gasteiger partial charge is 0.464 e. The van der Waals surface area contributed by atoms with Crippen LogP contribution in [0.5, 0.6) is 0 Å². The third kappa shape index (κ3) is 2.22. The molecule has 0 fully saturated rings. The molecule has 0 saturated heterocycles. The number of aryl methyl sites for hydroxylation is 1. The van der Waals surface area contributed by atoms with Crippen molar-refractivity contribution in [3.8, 4) is 0 Å². The van der Waals surface area contributed by atoms with E-state index in [9.17, 15) is 4.79 Å². The van der Waals surface area contributed by atoms with Crippen molar-refractivity contribution >= 4 is 22.6 Å². The number of para-hydroxylation sites is 1. The van der Waals surface area contributed by atoms with E-state index in [0.717, 1.165) is 16.6 Å². The van der Waals surface area contributed by atoms with E-state index < -0.39 is 5.97 Å². The van der Waals surface area contributed by atoms with Gasteiger partial charge in [-0.3, -0.25) is 9.36 Å². The van der Waals surface area contributed by atoms with Gasteiger partial charge in [0.2, 0.25) is 0 Å². The van der Waals surface area contributed by atoms with Crippen molar-refractivity contribution in [1.29, 1.82) is 0 Å². The van der Waals surface area contributed by atoms with Gasteiger partial charge in [0, 0.05) is 18.6 Å². The lowest BCUT2D eigenvalue weighted by atomic mass is 10.2. The van der Waals surface area contributed by atoms with Crippen molar-refractivity contribution in [3.63, 3.8) is 0 Å². The van der Waals surface area contributed by atoms with Crippen molar-refractivity contribution in [2.45, 2.75) is 6.54 Å². The monoisotopic (exact) mass is 285 g/mol. The molecule has 0 saturated carbocycles. The number of benzene rings is 1. The Morgan fingerprint density at radius 3 is 2.86 bits per heavy atom. The Kier molecular flexibility index (Phi) is 3.09. The van der Waals surface area contributed by atoms with Gasteiger partial charge in [-0.2, -0.15) is 10.2 Å². The molecule has 0 radical (unpaired) electrons. The van der Waals surface area contributed by atoms with Crippen LogP contribution >= 0.6 is 0 Å². The van der Waals surface area contributed by atoms with E-state index in [2.05, 4.69) is 14.9 Å². The summed E-state index contributed by atoms with van der Waals surface area (Å²) in [5.74, 6) is -0.544. The second kappa shape index (κ2) is 4.93. The average Bonchev–Trinajstić information content (AvgIpc) is 3.00. The minimum absolute atomic E-state index is 0.123. The van der Waals surface area contributed by atoms with Crippen LogP contribution in [0.3, 0.4) is 0 Å². The zero-order chi connectivity index (χ0) is 15.0. The van der Waals surface area contributed by atoms with Gasteiger partial charge in [0.15, 0.2) is 5.69 Å². The average molecular weight is 285 g/mol. The van der Waals surface area contributed by atoms with Crippen LogP contribution < -0.4 is 5.73 Å². The number of anilines is 1. The molecule has 7 heteroatoms. The summed E-state index contributed by atoms with van der Waals surface area (Å²) in [6.07, 6.45) is 1.61. The van der Waals surface area contributed by atoms with Gasteiger partial charge in [-0.25, -0.2) is 4.79 Å². The first-order chi connectivity index (χ1) is 10.1. The molecule has 0 aliphatic heterocycles. The highest BCUT2D eigenvalue weighted by atomic mass is 16.5. The van der Waals surface area contributed by atoms with Crippen LogP contribution in [0.2, 0.25) is 0 Å². The molecular weight excluding hydrogens is 270 g/mol. The van der Waals surface area contributed by atoms with Crippen LogP contribution in [0.15, 0.2) is 30.5 Å². The minimum Gasteiger partial charge on any atom is -0.464 e. The van der Waals surface area contributed by atoms with Gasteiger partial charge >= 0.3 is 5.97 Å². The molecule has 3 aromatic rings. The summed E-state index contributed by atoms with van der Waals surface area (Å²) in [7, 11) is 3.19. The van der Waals surface area contributed by atoms with E-state index in [-0.39, 0.29) is 5.69 Å². The number of methoxy groups -OCH3 is 1. The maximum atomic E-state index is 11.5. The molecule has 21 heavy (non-hydrogen) atoms. The predicted molar refractivity (Wildman–Crippen MR) is 77.8 cm³/mol. The molecule has 3 rings (SSSR count). The van der Waals surface area contributed by atoms with Crippen molar-refractivity contribution in [3.05, 3.63) is 41.9 Å². The number of nitrogens with zero attached hydrogens (tertiary/aromatic N) is 4. The predicted octanol–water partition coefficient (Wildman–Crippen LogP) is 1.19. The first-order valence-corrected chi connectivity index (χ1v) is 6.42. The molecule has 0 spiro atoms. The summed E-state index contributed by atoms with van der Waals surface area (Å²) < 4.78 is 8.05. The van der Waals surface area contributed by atoms with Crippen molar-refractivity contribution in [2.75, 3.05) is 12.8 Å². The fourth-order valence-corrected chi connectivity index (χ4v) is 2.33. The Morgan fingerprint density at radius 1 is 1.33 bits per heavy atom. The van der Waals surface area contributed by atoms with Gasteiger partial charge in [-0.1, -0.05) is 18.2 Å². The Morgan fingerprint density at radius 2 is 2.10 bits per heavy atom. The number of carbonyl (C=O) groups is 1. The van der Waals surface area contributed by atoms with Crippen LogP contribution in [0.25, 0.3) is 10.9 Å². The van der Waals surface area contributed by atoms with Crippen LogP contribution in [0, 0.1) is 0 Å². The number of carbonyl (C=O) groups excluding carboxylic acids is 1. The number of ether oxygens (including phenoxy) is 1. The maximum absolute atomic E-state index is 11.5. The van der Waals surface area contributed by atoms with E-state index in [4.69, 9.17) is 5.73 Å². The third-order valence-corrected chi connectivity index (χ3v) is 3.31. The summed E-state index contributed by atoms with van der Waals surface area (Å²) in [5.41, 5.74) is 8.11. The molecule has 2 N–H and O–H groups in total. The summed E-state index contributed by atoms with van der Waals surface area (Å²) in [4.78, 5) is 11.5. The molecule has 108 valence electrons. The summed E-state index contributed by atoms with van der Waals surface area (Å²) in [6, 6.07) is 7.94. The Labute approximate surface area is 120 Å². The molecule has 0 bridgehead atoms. The van der Waals surface area contributed by atoms with Crippen LogP contribution in [0.1, 0.15) is 16.2 Å². The molecule has 0 amide bonds. The number of rotatable bonds is 3. The number of nitrogen functional groups attached to an aromatic ring is 1. The molecule has 2 aromatic heterocycles. The molecule has 0 atom stereocenters. The number of fused-ring (bicyclic) bond motifs is 1. The van der Waals surface area contributed by atoms with Crippen molar-refractivity contribution in [1.82, 2.24) is 19.6 Å². The van der Waals surface area contributed by atoms with Crippen LogP contribution in [-0.4, -0.2) is 32.6 Å². The summed E-state index contributed by atoms with van der Waals surface area (Å²) in [6.45, 7) is 0.433. The number of nitrogens with two attached hydrogens (primary N) is 1. The van der Waals surface area contributed by atoms with E-state index in [0.29, 0.717) is 12.2 Å². The number of esters is 1. The first kappa shape index (κ1) is 13.2. The SMILES string of the molecule is COC(=O)c1nn(Cc2nn(C)c3ccccc23)cc1N. The van der Waals surface area contributed by atoms with Gasteiger partial charge < -0.3 is 10.5 Å². The number of hydrogen-bond donors (Lipinski definition) is 1. The second-order valence-electron chi connectivity index (χ2n) is 4.71. The van der Waals surface area contributed by atoms with Crippen LogP contribution in [-0.2, 0) is 18.3 Å². The smallest absolute Gasteiger partial charge is 0.360 e. The Bertz CT molecular complexity index is 818. The van der Waals surface area contributed by atoms with Gasteiger partial charge in [0.1, 0.15) is 0 Å². The highest BCUT2D eigenvalue weighted by molar-refractivity contribution is 5.92. The van der Waals surface area contributed by atoms with E-state index >= 15 is 0 Å². The lowest BCUT2D eigenvalue weighted by Crippen LogP contribution is -2.07. The molecule has 0 aliphatic rings. The first-order valence-electron chi connectivity index (χ1n) is 6.42.